The lowest BCUT2D eigenvalue weighted by Crippen LogP contribution is -2.46. The highest BCUT2D eigenvalue weighted by Gasteiger charge is 2.28. The van der Waals surface area contributed by atoms with Crippen molar-refractivity contribution < 1.29 is 28.2 Å². The van der Waals surface area contributed by atoms with Crippen LogP contribution in [0.25, 0.3) is 10.9 Å². The van der Waals surface area contributed by atoms with Gasteiger partial charge in [-0.25, -0.2) is 9.37 Å². The van der Waals surface area contributed by atoms with Crippen LogP contribution in [0.1, 0.15) is 16.2 Å². The van der Waals surface area contributed by atoms with Gasteiger partial charge in [0.2, 0.25) is 0 Å². The lowest BCUT2D eigenvalue weighted by molar-refractivity contribution is -0.163. The number of carbonyl (C=O) groups is 2. The standard InChI is InChI=1S/C23H22ClFN4O6/c1-26-21(30)17-11-33-14(9-34-17)10-35-19-15(25)5-6-16-18(19)22(31)29-20(28-16)23(32)27-8-12-3-2-4-13(24)7-12/h2-7,14,17H,8-11H2,1H3,(H,26,30)(H,27,32)(H,28,29,31). The van der Waals surface area contributed by atoms with Gasteiger partial charge in [-0.1, -0.05) is 23.7 Å². The number of aromatic nitrogens is 2. The van der Waals surface area contributed by atoms with E-state index in [0.717, 1.165) is 11.6 Å². The molecule has 184 valence electrons. The van der Waals surface area contributed by atoms with Gasteiger partial charge in [-0.05, 0) is 29.8 Å². The fraction of sp³-hybridized carbons (Fsp3) is 0.304. The molecule has 0 radical (unpaired) electrons. The molecule has 1 aromatic heterocycles. The van der Waals surface area contributed by atoms with E-state index in [0.29, 0.717) is 5.02 Å². The summed E-state index contributed by atoms with van der Waals surface area (Å²) < 4.78 is 31.1. The Bertz CT molecular complexity index is 1310. The normalized spacial score (nSPS) is 17.7. The van der Waals surface area contributed by atoms with Gasteiger partial charge in [-0.2, -0.15) is 0 Å². The molecule has 12 heteroatoms. The molecule has 2 aromatic carbocycles. The Morgan fingerprint density at radius 2 is 2.09 bits per heavy atom. The van der Waals surface area contributed by atoms with Crippen molar-refractivity contribution in [1.29, 1.82) is 0 Å². The van der Waals surface area contributed by atoms with Crippen LogP contribution in [0.4, 0.5) is 4.39 Å². The highest BCUT2D eigenvalue weighted by molar-refractivity contribution is 6.30. The Balaban J connectivity index is 1.47. The van der Waals surface area contributed by atoms with Gasteiger partial charge in [0.05, 0.1) is 18.7 Å². The van der Waals surface area contributed by atoms with Crippen molar-refractivity contribution >= 4 is 34.3 Å². The smallest absolute Gasteiger partial charge is 0.287 e. The zero-order valence-corrected chi connectivity index (χ0v) is 19.4. The average molecular weight is 505 g/mol. The molecule has 3 N–H and O–H groups in total. The number of hydrogen-bond acceptors (Lipinski definition) is 7. The molecule has 0 bridgehead atoms. The monoisotopic (exact) mass is 504 g/mol. The first-order valence-corrected chi connectivity index (χ1v) is 11.1. The summed E-state index contributed by atoms with van der Waals surface area (Å²) in [6, 6.07) is 9.33. The number of rotatable bonds is 7. The summed E-state index contributed by atoms with van der Waals surface area (Å²) in [6.45, 7) is 0.110. The molecule has 2 amide bonds. The third-order valence-corrected chi connectivity index (χ3v) is 5.49. The summed E-state index contributed by atoms with van der Waals surface area (Å²) in [7, 11) is 1.49. The molecule has 2 unspecified atom stereocenters. The van der Waals surface area contributed by atoms with Crippen LogP contribution in [-0.4, -0.2) is 60.9 Å². The van der Waals surface area contributed by atoms with Gasteiger partial charge in [-0.15, -0.1) is 0 Å². The maximum absolute atomic E-state index is 14.5. The van der Waals surface area contributed by atoms with E-state index in [2.05, 4.69) is 20.6 Å². The van der Waals surface area contributed by atoms with Crippen molar-refractivity contribution in [2.24, 2.45) is 0 Å². The van der Waals surface area contributed by atoms with Crippen LogP contribution in [-0.2, 0) is 20.8 Å². The zero-order chi connectivity index (χ0) is 24.9. The fourth-order valence-electron chi connectivity index (χ4n) is 3.47. The molecule has 1 fully saturated rings. The number of likely N-dealkylation sites (N-methyl/N-ethyl adjacent to an activating group) is 1. The van der Waals surface area contributed by atoms with E-state index >= 15 is 0 Å². The molecule has 10 nitrogen and oxygen atoms in total. The number of ether oxygens (including phenoxy) is 3. The second-order valence-corrected chi connectivity index (χ2v) is 8.14. The highest BCUT2D eigenvalue weighted by atomic mass is 35.5. The lowest BCUT2D eigenvalue weighted by atomic mass is 10.2. The van der Waals surface area contributed by atoms with Crippen molar-refractivity contribution in [1.82, 2.24) is 20.6 Å². The number of nitrogens with zero attached hydrogens (tertiary/aromatic N) is 1. The van der Waals surface area contributed by atoms with Gasteiger partial charge in [0, 0.05) is 18.6 Å². The number of H-pyrrole nitrogens is 1. The molecular formula is C23H22ClFN4O6. The number of halogens is 2. The number of fused-ring (bicyclic) bond motifs is 1. The van der Waals surface area contributed by atoms with Crippen LogP contribution in [0, 0.1) is 5.82 Å². The number of carbonyl (C=O) groups excluding carboxylic acids is 2. The van der Waals surface area contributed by atoms with E-state index in [1.807, 2.05) is 0 Å². The van der Waals surface area contributed by atoms with Gasteiger partial charge in [0.1, 0.15) is 18.1 Å². The first-order chi connectivity index (χ1) is 16.9. The predicted octanol–water partition coefficient (Wildman–Crippen LogP) is 1.55. The Kier molecular flexibility index (Phi) is 7.59. The van der Waals surface area contributed by atoms with Crippen LogP contribution in [0.5, 0.6) is 5.75 Å². The van der Waals surface area contributed by atoms with E-state index in [9.17, 15) is 18.8 Å². The van der Waals surface area contributed by atoms with Crippen LogP contribution in [0.15, 0.2) is 41.2 Å². The molecule has 1 saturated heterocycles. The molecule has 0 saturated carbocycles. The minimum atomic E-state index is -0.775. The summed E-state index contributed by atoms with van der Waals surface area (Å²) >= 11 is 5.95. The van der Waals surface area contributed by atoms with Crippen LogP contribution in [0.2, 0.25) is 5.02 Å². The van der Waals surface area contributed by atoms with Crippen molar-refractivity contribution in [3.05, 3.63) is 69.0 Å². The molecule has 3 aromatic rings. The fourth-order valence-corrected chi connectivity index (χ4v) is 3.68. The van der Waals surface area contributed by atoms with Crippen molar-refractivity contribution in [2.75, 3.05) is 26.9 Å². The first-order valence-electron chi connectivity index (χ1n) is 10.7. The second-order valence-electron chi connectivity index (χ2n) is 7.70. The SMILES string of the molecule is CNC(=O)C1COC(COc2c(F)ccc3nc(C(=O)NCc4cccc(Cl)c4)[nH]c(=O)c23)CO1. The molecule has 1 aliphatic rings. The summed E-state index contributed by atoms with van der Waals surface area (Å²) in [5, 5.41) is 5.50. The summed E-state index contributed by atoms with van der Waals surface area (Å²) in [6.07, 6.45) is -1.31. The van der Waals surface area contributed by atoms with Gasteiger partial charge < -0.3 is 29.8 Å². The van der Waals surface area contributed by atoms with Crippen LogP contribution in [0.3, 0.4) is 0 Å². The molecule has 0 aliphatic carbocycles. The van der Waals surface area contributed by atoms with E-state index < -0.39 is 29.5 Å². The van der Waals surface area contributed by atoms with E-state index in [-0.39, 0.29) is 54.7 Å². The minimum Gasteiger partial charge on any atom is -0.487 e. The third kappa shape index (κ3) is 5.76. The van der Waals surface area contributed by atoms with E-state index in [1.54, 1.807) is 24.3 Å². The quantitative estimate of drug-likeness (QED) is 0.445. The Labute approximate surface area is 203 Å². The third-order valence-electron chi connectivity index (χ3n) is 5.26. The van der Waals surface area contributed by atoms with E-state index in [1.165, 1.54) is 13.1 Å². The molecular weight excluding hydrogens is 483 g/mol. The lowest BCUT2D eigenvalue weighted by Gasteiger charge is -2.28. The minimum absolute atomic E-state index is 0.0154. The number of nitrogens with one attached hydrogen (secondary N) is 3. The molecule has 0 spiro atoms. The van der Waals surface area contributed by atoms with Crippen molar-refractivity contribution in [2.45, 2.75) is 18.8 Å². The summed E-state index contributed by atoms with van der Waals surface area (Å²) in [4.78, 5) is 43.4. The van der Waals surface area contributed by atoms with Gasteiger partial charge in [0.15, 0.2) is 23.5 Å². The number of hydrogen-bond donors (Lipinski definition) is 3. The highest BCUT2D eigenvalue weighted by Crippen LogP contribution is 2.26. The van der Waals surface area contributed by atoms with Crippen molar-refractivity contribution in [3.8, 4) is 5.75 Å². The average Bonchev–Trinajstić information content (AvgIpc) is 2.86. The Hall–Kier alpha value is -3.54. The molecule has 2 heterocycles. The van der Waals surface area contributed by atoms with Gasteiger partial charge in [0.25, 0.3) is 17.4 Å². The van der Waals surface area contributed by atoms with Gasteiger partial charge >= 0.3 is 0 Å². The number of benzene rings is 2. The maximum Gasteiger partial charge on any atom is 0.287 e. The summed E-state index contributed by atoms with van der Waals surface area (Å²) in [5.41, 5.74) is 0.110. The van der Waals surface area contributed by atoms with Crippen LogP contribution >= 0.6 is 11.6 Å². The Morgan fingerprint density at radius 3 is 2.80 bits per heavy atom. The molecule has 4 rings (SSSR count). The topological polar surface area (TPSA) is 132 Å². The first kappa shape index (κ1) is 24.6. The summed E-state index contributed by atoms with van der Waals surface area (Å²) in [5.74, 6) is -2.25. The Morgan fingerprint density at radius 1 is 1.26 bits per heavy atom. The number of aromatic amines is 1. The maximum atomic E-state index is 14.5. The van der Waals surface area contributed by atoms with E-state index in [4.69, 9.17) is 25.8 Å². The largest absolute Gasteiger partial charge is 0.487 e. The predicted molar refractivity (Wildman–Crippen MR) is 124 cm³/mol. The van der Waals surface area contributed by atoms with Crippen molar-refractivity contribution in [3.63, 3.8) is 0 Å². The van der Waals surface area contributed by atoms with Gasteiger partial charge in [-0.3, -0.25) is 14.4 Å². The second kappa shape index (κ2) is 10.8. The number of amides is 2. The molecule has 2 atom stereocenters. The zero-order valence-electron chi connectivity index (χ0n) is 18.6. The molecule has 35 heavy (non-hydrogen) atoms. The molecule has 1 aliphatic heterocycles. The van der Waals surface area contributed by atoms with Crippen LogP contribution < -0.4 is 20.9 Å².